The predicted octanol–water partition coefficient (Wildman–Crippen LogP) is 4.59. The summed E-state index contributed by atoms with van der Waals surface area (Å²) in [5, 5.41) is 20.6. The zero-order chi connectivity index (χ0) is 31.6. The summed E-state index contributed by atoms with van der Waals surface area (Å²) in [5.74, 6) is -4.24. The molecule has 9 heteroatoms. The molecule has 0 aromatic carbocycles. The molecule has 0 saturated heterocycles. The van der Waals surface area contributed by atoms with Gasteiger partial charge in [-0.2, -0.15) is 0 Å². The largest absolute Gasteiger partial charge is 0.478 e. The fourth-order valence-corrected chi connectivity index (χ4v) is 9.38. The Labute approximate surface area is 248 Å². The van der Waals surface area contributed by atoms with Gasteiger partial charge in [-0.1, -0.05) is 33.8 Å². The van der Waals surface area contributed by atoms with Crippen LogP contribution < -0.4 is 0 Å². The molecule has 9 atom stereocenters. The highest BCUT2D eigenvalue weighted by atomic mass is 16.5. The van der Waals surface area contributed by atoms with Crippen molar-refractivity contribution in [2.24, 2.45) is 39.9 Å². The van der Waals surface area contributed by atoms with Crippen LogP contribution in [0.1, 0.15) is 93.9 Å². The minimum atomic E-state index is -1.14. The van der Waals surface area contributed by atoms with Crippen LogP contribution in [0.2, 0.25) is 0 Å². The fourth-order valence-electron chi connectivity index (χ4n) is 9.38. The molecule has 9 nitrogen and oxygen atoms in total. The molecule has 3 saturated carbocycles. The van der Waals surface area contributed by atoms with Crippen LogP contribution in [0.4, 0.5) is 0 Å². The highest BCUT2D eigenvalue weighted by Gasteiger charge is 2.74. The lowest BCUT2D eigenvalue weighted by Crippen LogP contribution is -2.69. The van der Waals surface area contributed by atoms with Crippen molar-refractivity contribution in [1.29, 1.82) is 0 Å². The van der Waals surface area contributed by atoms with Crippen LogP contribution in [0, 0.1) is 39.9 Å². The standard InChI is InChI=1S/C33H46O9/c1-17-22(36)13-15-31(6)24-12-11-21-25(20(29(38)39)10-9-14-30(4,5)40)23(41-18(2)34)16-32(21,7)33(24,8)28(37)27(26(17)31)42-19(3)35/h13,15,17,21,23-24,26-27,40H,9-12,14,16H2,1-8H3,(H,38,39)/b25-20+/t17-,21-,23+,24-,26-,27+,31-,32-,33+/m1/s1. The number of aliphatic hydroxyl groups is 1. The van der Waals surface area contributed by atoms with Crippen molar-refractivity contribution in [2.45, 2.75) is 112 Å². The van der Waals surface area contributed by atoms with E-state index >= 15 is 0 Å². The van der Waals surface area contributed by atoms with Crippen LogP contribution in [-0.4, -0.2) is 57.5 Å². The SMILES string of the molecule is CC(=O)O[C@H]1C[C@]2(C)[C@H](CC[C@@H]3[C@@]4(C)C=CC(=O)[C@@H](C)[C@@H]4[C@H](OC(C)=O)C(=O)[C@]32C)/C1=C(/CCCC(C)(C)O)C(=O)O. The van der Waals surface area contributed by atoms with Gasteiger partial charge in [-0.05, 0) is 86.7 Å². The molecular formula is C33H46O9. The third kappa shape index (κ3) is 4.95. The summed E-state index contributed by atoms with van der Waals surface area (Å²) in [6, 6.07) is 0. The number of carbonyl (C=O) groups excluding carboxylic acids is 4. The first kappa shape index (κ1) is 32.1. The van der Waals surface area contributed by atoms with E-state index in [0.29, 0.717) is 31.3 Å². The van der Waals surface area contributed by atoms with Crippen LogP contribution in [0.25, 0.3) is 0 Å². The van der Waals surface area contributed by atoms with Crippen LogP contribution in [0.5, 0.6) is 0 Å². The zero-order valence-electron chi connectivity index (χ0n) is 26.1. The minimum absolute atomic E-state index is 0.107. The second-order valence-corrected chi connectivity index (χ2v) is 14.3. The first-order valence-electron chi connectivity index (χ1n) is 15.1. The molecule has 4 aliphatic rings. The number of esters is 2. The molecule has 0 amide bonds. The molecule has 4 rings (SSSR count). The van der Waals surface area contributed by atoms with Crippen molar-refractivity contribution in [3.63, 3.8) is 0 Å². The summed E-state index contributed by atoms with van der Waals surface area (Å²) in [5.41, 5.74) is -2.80. The molecule has 0 spiro atoms. The molecule has 0 aromatic heterocycles. The van der Waals surface area contributed by atoms with Gasteiger partial charge in [0.15, 0.2) is 17.7 Å². The molecule has 4 aliphatic carbocycles. The molecule has 0 aliphatic heterocycles. The topological polar surface area (TPSA) is 144 Å². The Kier molecular flexibility index (Phi) is 8.20. The molecular weight excluding hydrogens is 540 g/mol. The fraction of sp³-hybridized carbons (Fsp3) is 0.727. The molecule has 3 fully saturated rings. The third-order valence-corrected chi connectivity index (χ3v) is 11.3. The molecule has 42 heavy (non-hydrogen) atoms. The number of Topliss-reactive ketones (excluding diaryl/α,β-unsaturated/α-hetero) is 1. The minimum Gasteiger partial charge on any atom is -0.478 e. The molecule has 0 aromatic rings. The van der Waals surface area contributed by atoms with E-state index in [0.717, 1.165) is 0 Å². The number of carboxylic acids is 1. The Morgan fingerprint density at radius 1 is 1.05 bits per heavy atom. The second-order valence-electron chi connectivity index (χ2n) is 14.3. The average molecular weight is 587 g/mol. The Morgan fingerprint density at radius 3 is 2.21 bits per heavy atom. The van der Waals surface area contributed by atoms with Gasteiger partial charge in [-0.25, -0.2) is 4.79 Å². The van der Waals surface area contributed by atoms with Crippen molar-refractivity contribution < 1.29 is 43.7 Å². The Bertz CT molecular complexity index is 1250. The monoisotopic (exact) mass is 586 g/mol. The predicted molar refractivity (Wildman–Crippen MR) is 153 cm³/mol. The third-order valence-electron chi connectivity index (χ3n) is 11.3. The van der Waals surface area contributed by atoms with Crippen LogP contribution in [0.15, 0.2) is 23.3 Å². The number of carboxylic acid groups (broad SMARTS) is 1. The van der Waals surface area contributed by atoms with Gasteiger partial charge in [0.1, 0.15) is 6.10 Å². The second kappa shape index (κ2) is 10.7. The summed E-state index contributed by atoms with van der Waals surface area (Å²) >= 11 is 0. The summed E-state index contributed by atoms with van der Waals surface area (Å²) in [7, 11) is 0. The van der Waals surface area contributed by atoms with E-state index in [4.69, 9.17) is 9.47 Å². The summed E-state index contributed by atoms with van der Waals surface area (Å²) in [6.45, 7) is 13.6. The average Bonchev–Trinajstić information content (AvgIpc) is 3.13. The molecule has 2 N–H and O–H groups in total. The number of fused-ring (bicyclic) bond motifs is 5. The summed E-state index contributed by atoms with van der Waals surface area (Å²) in [4.78, 5) is 65.0. The van der Waals surface area contributed by atoms with Crippen molar-refractivity contribution in [1.82, 2.24) is 0 Å². The van der Waals surface area contributed by atoms with E-state index in [1.54, 1.807) is 26.8 Å². The summed E-state index contributed by atoms with van der Waals surface area (Å²) < 4.78 is 11.6. The lowest BCUT2D eigenvalue weighted by Gasteiger charge is -2.66. The first-order chi connectivity index (χ1) is 19.3. The maximum Gasteiger partial charge on any atom is 0.331 e. The normalized spacial score (nSPS) is 40.5. The maximum atomic E-state index is 14.8. The first-order valence-corrected chi connectivity index (χ1v) is 15.1. The molecule has 232 valence electrons. The smallest absolute Gasteiger partial charge is 0.331 e. The van der Waals surface area contributed by atoms with E-state index in [9.17, 15) is 34.2 Å². The number of hydrogen-bond acceptors (Lipinski definition) is 8. The number of aliphatic carboxylic acids is 1. The van der Waals surface area contributed by atoms with Crippen LogP contribution >= 0.6 is 0 Å². The molecule has 0 unspecified atom stereocenters. The van der Waals surface area contributed by atoms with Gasteiger partial charge in [-0.15, -0.1) is 0 Å². The lowest BCUT2D eigenvalue weighted by atomic mass is 9.37. The van der Waals surface area contributed by atoms with Crippen molar-refractivity contribution >= 4 is 29.5 Å². The van der Waals surface area contributed by atoms with Crippen molar-refractivity contribution in [3.8, 4) is 0 Å². The van der Waals surface area contributed by atoms with Gasteiger partial charge in [0, 0.05) is 36.7 Å². The van der Waals surface area contributed by atoms with E-state index < -0.39 is 63.8 Å². The highest BCUT2D eigenvalue weighted by Crippen LogP contribution is 2.73. The van der Waals surface area contributed by atoms with Crippen LogP contribution in [0.3, 0.4) is 0 Å². The van der Waals surface area contributed by atoms with E-state index in [-0.39, 0.29) is 41.8 Å². The zero-order valence-corrected chi connectivity index (χ0v) is 26.1. The van der Waals surface area contributed by atoms with Gasteiger partial charge in [0.05, 0.1) is 5.60 Å². The van der Waals surface area contributed by atoms with E-state index in [1.165, 1.54) is 13.8 Å². The number of allylic oxidation sites excluding steroid dienone is 2. The van der Waals surface area contributed by atoms with E-state index in [2.05, 4.69) is 0 Å². The Morgan fingerprint density at radius 2 is 1.67 bits per heavy atom. The van der Waals surface area contributed by atoms with Gasteiger partial charge in [0.2, 0.25) is 0 Å². The maximum absolute atomic E-state index is 14.8. The number of ether oxygens (including phenoxy) is 2. The number of rotatable bonds is 7. The Balaban J connectivity index is 1.90. The molecule has 0 bridgehead atoms. The molecule has 0 heterocycles. The molecule has 0 radical (unpaired) electrons. The van der Waals surface area contributed by atoms with Crippen LogP contribution in [-0.2, 0) is 33.4 Å². The van der Waals surface area contributed by atoms with Gasteiger partial charge >= 0.3 is 17.9 Å². The summed E-state index contributed by atoms with van der Waals surface area (Å²) in [6.07, 6.45) is 3.93. The van der Waals surface area contributed by atoms with Gasteiger partial charge in [0.25, 0.3) is 0 Å². The van der Waals surface area contributed by atoms with Gasteiger partial charge < -0.3 is 19.7 Å². The number of carbonyl (C=O) groups is 5. The van der Waals surface area contributed by atoms with E-state index in [1.807, 2.05) is 26.8 Å². The highest BCUT2D eigenvalue weighted by molar-refractivity contribution is 5.98. The quantitative estimate of drug-likeness (QED) is 0.323. The lowest BCUT2D eigenvalue weighted by molar-refractivity contribution is -0.207. The number of ketones is 2. The Hall–Kier alpha value is -2.81. The van der Waals surface area contributed by atoms with Crippen molar-refractivity contribution in [3.05, 3.63) is 23.3 Å². The van der Waals surface area contributed by atoms with Crippen molar-refractivity contribution in [2.75, 3.05) is 0 Å². The number of hydrogen-bond donors (Lipinski definition) is 2. The van der Waals surface area contributed by atoms with Gasteiger partial charge in [-0.3, -0.25) is 19.2 Å².